The van der Waals surface area contributed by atoms with E-state index >= 15 is 0 Å². The molecule has 1 atom stereocenters. The number of halogens is 3. The SMILES string of the molecule is CNCC1CCN(S(=O)(=O)c2cc(Br)ccc2Cl)C1.Cl. The zero-order valence-electron chi connectivity index (χ0n) is 11.0. The van der Waals surface area contributed by atoms with Gasteiger partial charge in [0.15, 0.2) is 0 Å². The molecule has 0 saturated carbocycles. The van der Waals surface area contributed by atoms with Crippen LogP contribution in [0, 0.1) is 5.92 Å². The van der Waals surface area contributed by atoms with Crippen LogP contribution in [0.3, 0.4) is 0 Å². The quantitative estimate of drug-likeness (QED) is 0.840. The van der Waals surface area contributed by atoms with E-state index in [0.29, 0.717) is 23.5 Å². The molecule has 1 aromatic carbocycles. The molecule has 1 aliphatic rings. The van der Waals surface area contributed by atoms with E-state index in [2.05, 4.69) is 21.2 Å². The average Bonchev–Trinajstić information content (AvgIpc) is 2.82. The molecular weight excluding hydrogens is 387 g/mol. The molecule has 0 bridgehead atoms. The Labute approximate surface area is 139 Å². The van der Waals surface area contributed by atoms with Gasteiger partial charge in [-0.3, -0.25) is 0 Å². The highest BCUT2D eigenvalue weighted by molar-refractivity contribution is 9.10. The lowest BCUT2D eigenvalue weighted by molar-refractivity contribution is 0.451. The molecule has 1 unspecified atom stereocenters. The van der Waals surface area contributed by atoms with Crippen molar-refractivity contribution in [3.8, 4) is 0 Å². The molecule has 0 amide bonds. The van der Waals surface area contributed by atoms with E-state index in [-0.39, 0.29) is 22.3 Å². The van der Waals surface area contributed by atoms with Crippen molar-refractivity contribution in [1.29, 1.82) is 0 Å². The Balaban J connectivity index is 0.00000200. The highest BCUT2D eigenvalue weighted by Crippen LogP contribution is 2.30. The highest BCUT2D eigenvalue weighted by atomic mass is 79.9. The molecule has 1 heterocycles. The summed E-state index contributed by atoms with van der Waals surface area (Å²) in [5, 5.41) is 3.35. The van der Waals surface area contributed by atoms with Crippen LogP contribution in [-0.2, 0) is 10.0 Å². The van der Waals surface area contributed by atoms with Crippen LogP contribution in [0.2, 0.25) is 5.02 Å². The summed E-state index contributed by atoms with van der Waals surface area (Å²) in [5.41, 5.74) is 0. The van der Waals surface area contributed by atoms with E-state index in [1.165, 1.54) is 4.31 Å². The fourth-order valence-electron chi connectivity index (χ4n) is 2.28. The van der Waals surface area contributed by atoms with Crippen LogP contribution in [0.25, 0.3) is 0 Å². The van der Waals surface area contributed by atoms with Gasteiger partial charge in [0.05, 0.1) is 5.02 Å². The van der Waals surface area contributed by atoms with Crippen molar-refractivity contribution < 1.29 is 8.42 Å². The number of benzene rings is 1. The molecule has 0 spiro atoms. The van der Waals surface area contributed by atoms with E-state index in [1.54, 1.807) is 18.2 Å². The normalized spacial score (nSPS) is 19.9. The molecule has 4 nitrogen and oxygen atoms in total. The van der Waals surface area contributed by atoms with Crippen LogP contribution in [0.1, 0.15) is 6.42 Å². The molecule has 114 valence electrons. The van der Waals surface area contributed by atoms with Gasteiger partial charge >= 0.3 is 0 Å². The Bertz CT molecular complexity index is 569. The van der Waals surface area contributed by atoms with Crippen molar-refractivity contribution >= 4 is 50.0 Å². The smallest absolute Gasteiger partial charge is 0.244 e. The number of rotatable bonds is 4. The summed E-state index contributed by atoms with van der Waals surface area (Å²) in [6.45, 7) is 1.93. The fourth-order valence-corrected chi connectivity index (χ4v) is 4.83. The predicted octanol–water partition coefficient (Wildman–Crippen LogP) is 2.75. The summed E-state index contributed by atoms with van der Waals surface area (Å²) >= 11 is 9.30. The summed E-state index contributed by atoms with van der Waals surface area (Å²) in [4.78, 5) is 0.175. The zero-order chi connectivity index (χ0) is 14.0. The molecule has 0 radical (unpaired) electrons. The molecule has 1 aliphatic heterocycles. The number of nitrogens with one attached hydrogen (secondary N) is 1. The standard InChI is InChI=1S/C12H16BrClN2O2S.ClH/c1-15-7-9-4-5-16(8-9)19(17,18)12-6-10(13)2-3-11(12)14;/h2-3,6,9,15H,4-5,7-8H2,1H3;1H. The molecule has 0 aliphatic carbocycles. The Morgan fingerprint density at radius 3 is 2.85 bits per heavy atom. The van der Waals surface area contributed by atoms with E-state index in [9.17, 15) is 8.42 Å². The third kappa shape index (κ3) is 3.87. The first-order valence-corrected chi connectivity index (χ1v) is 8.66. The van der Waals surface area contributed by atoms with Gasteiger partial charge in [0.2, 0.25) is 10.0 Å². The van der Waals surface area contributed by atoms with Crippen LogP contribution in [0.4, 0.5) is 0 Å². The second-order valence-corrected chi connectivity index (χ2v) is 7.88. The first kappa shape index (κ1) is 18.2. The Morgan fingerprint density at radius 2 is 2.20 bits per heavy atom. The maximum absolute atomic E-state index is 12.6. The Morgan fingerprint density at radius 1 is 1.50 bits per heavy atom. The largest absolute Gasteiger partial charge is 0.319 e. The summed E-state index contributed by atoms with van der Waals surface area (Å²) in [7, 11) is -1.62. The lowest BCUT2D eigenvalue weighted by Gasteiger charge is -2.17. The van der Waals surface area contributed by atoms with Crippen LogP contribution < -0.4 is 5.32 Å². The number of nitrogens with zero attached hydrogens (tertiary/aromatic N) is 1. The number of hydrogen-bond acceptors (Lipinski definition) is 3. The summed E-state index contributed by atoms with van der Waals surface area (Å²) in [5.74, 6) is 0.366. The Kier molecular flexibility index (Phi) is 6.76. The molecule has 1 aromatic rings. The summed E-state index contributed by atoms with van der Waals surface area (Å²) in [6.07, 6.45) is 0.881. The molecule has 8 heteroatoms. The van der Waals surface area contributed by atoms with Crippen molar-refractivity contribution in [2.24, 2.45) is 5.92 Å². The second-order valence-electron chi connectivity index (χ2n) is 4.65. The van der Waals surface area contributed by atoms with Gasteiger partial charge in [0.25, 0.3) is 0 Å². The van der Waals surface area contributed by atoms with Gasteiger partial charge in [-0.1, -0.05) is 27.5 Å². The molecule has 1 saturated heterocycles. The maximum Gasteiger partial charge on any atom is 0.244 e. The van der Waals surface area contributed by atoms with E-state index < -0.39 is 10.0 Å². The average molecular weight is 404 g/mol. The summed E-state index contributed by atoms with van der Waals surface area (Å²) < 4.78 is 27.3. The van der Waals surface area contributed by atoms with Crippen molar-refractivity contribution in [2.45, 2.75) is 11.3 Å². The minimum atomic E-state index is -3.50. The minimum Gasteiger partial charge on any atom is -0.319 e. The fraction of sp³-hybridized carbons (Fsp3) is 0.500. The first-order valence-electron chi connectivity index (χ1n) is 6.05. The third-order valence-corrected chi connectivity index (χ3v) is 6.09. The van der Waals surface area contributed by atoms with Crippen molar-refractivity contribution in [2.75, 3.05) is 26.7 Å². The van der Waals surface area contributed by atoms with Crippen LogP contribution in [0.5, 0.6) is 0 Å². The monoisotopic (exact) mass is 402 g/mol. The van der Waals surface area contributed by atoms with E-state index in [0.717, 1.165) is 13.0 Å². The van der Waals surface area contributed by atoms with Gasteiger partial charge in [-0.25, -0.2) is 8.42 Å². The Hall–Kier alpha value is 0.150. The van der Waals surface area contributed by atoms with Crippen LogP contribution in [0.15, 0.2) is 27.6 Å². The molecule has 2 rings (SSSR count). The topological polar surface area (TPSA) is 49.4 Å². The van der Waals surface area contributed by atoms with Crippen LogP contribution in [-0.4, -0.2) is 39.4 Å². The second kappa shape index (κ2) is 7.42. The highest BCUT2D eigenvalue weighted by Gasteiger charge is 2.33. The third-order valence-electron chi connectivity index (χ3n) is 3.25. The lowest BCUT2D eigenvalue weighted by atomic mass is 10.1. The van der Waals surface area contributed by atoms with Crippen LogP contribution >= 0.6 is 39.9 Å². The van der Waals surface area contributed by atoms with Crippen molar-refractivity contribution in [3.63, 3.8) is 0 Å². The molecule has 1 N–H and O–H groups in total. The van der Waals surface area contributed by atoms with Crippen molar-refractivity contribution in [1.82, 2.24) is 9.62 Å². The van der Waals surface area contributed by atoms with E-state index in [4.69, 9.17) is 11.6 Å². The predicted molar refractivity (Wildman–Crippen MR) is 87.2 cm³/mol. The van der Waals surface area contributed by atoms with Gasteiger partial charge in [0.1, 0.15) is 4.90 Å². The van der Waals surface area contributed by atoms with Crippen molar-refractivity contribution in [3.05, 3.63) is 27.7 Å². The number of sulfonamides is 1. The van der Waals surface area contributed by atoms with Gasteiger partial charge in [-0.05, 0) is 44.1 Å². The van der Waals surface area contributed by atoms with Gasteiger partial charge in [0, 0.05) is 17.6 Å². The maximum atomic E-state index is 12.6. The van der Waals surface area contributed by atoms with Gasteiger partial charge in [-0.2, -0.15) is 4.31 Å². The minimum absolute atomic E-state index is 0. The lowest BCUT2D eigenvalue weighted by Crippen LogP contribution is -2.30. The first-order chi connectivity index (χ1) is 8.95. The number of hydrogen-bond donors (Lipinski definition) is 1. The zero-order valence-corrected chi connectivity index (χ0v) is 14.9. The molecule has 0 aromatic heterocycles. The van der Waals surface area contributed by atoms with Gasteiger partial charge < -0.3 is 5.32 Å². The van der Waals surface area contributed by atoms with Gasteiger partial charge in [-0.15, -0.1) is 12.4 Å². The molecular formula is C12H17BrCl2N2O2S. The molecule has 1 fully saturated rings. The summed E-state index contributed by atoms with van der Waals surface area (Å²) in [6, 6.07) is 4.89. The molecule has 20 heavy (non-hydrogen) atoms. The van der Waals surface area contributed by atoms with E-state index in [1.807, 2.05) is 7.05 Å².